The van der Waals surface area contributed by atoms with Crippen LogP contribution < -0.4 is 14.8 Å². The van der Waals surface area contributed by atoms with E-state index in [9.17, 15) is 4.79 Å². The van der Waals surface area contributed by atoms with Crippen molar-refractivity contribution in [3.8, 4) is 23.3 Å². The highest BCUT2D eigenvalue weighted by molar-refractivity contribution is 6.35. The van der Waals surface area contributed by atoms with Crippen molar-refractivity contribution >= 4 is 34.8 Å². The molecule has 1 amide bonds. The van der Waals surface area contributed by atoms with Crippen LogP contribution in [0.1, 0.15) is 16.1 Å². The van der Waals surface area contributed by atoms with Crippen molar-refractivity contribution in [2.45, 2.75) is 0 Å². The number of benzene rings is 2. The average molecular weight is 414 g/mol. The van der Waals surface area contributed by atoms with Gasteiger partial charge in [-0.2, -0.15) is 5.26 Å². The highest BCUT2D eigenvalue weighted by Crippen LogP contribution is 2.32. The third-order valence-corrected chi connectivity index (χ3v) is 4.18. The van der Waals surface area contributed by atoms with Gasteiger partial charge in [0.05, 0.1) is 23.8 Å². The van der Waals surface area contributed by atoms with Crippen LogP contribution in [0, 0.1) is 11.3 Å². The number of amides is 1. The van der Waals surface area contributed by atoms with E-state index in [-0.39, 0.29) is 15.9 Å². The van der Waals surface area contributed by atoms with E-state index in [4.69, 9.17) is 37.9 Å². The topological polar surface area (TPSA) is 84.2 Å². The van der Waals surface area contributed by atoms with Crippen LogP contribution in [0.5, 0.6) is 17.2 Å². The summed E-state index contributed by atoms with van der Waals surface area (Å²) in [5, 5.41) is 12.0. The predicted molar refractivity (Wildman–Crippen MR) is 106 cm³/mol. The molecule has 8 heteroatoms. The van der Waals surface area contributed by atoms with Crippen LogP contribution in [0.3, 0.4) is 0 Å². The maximum absolute atomic E-state index is 12.3. The number of carbonyl (C=O) groups is 1. The quantitative estimate of drug-likeness (QED) is 0.572. The zero-order valence-corrected chi connectivity index (χ0v) is 16.1. The third-order valence-electron chi connectivity index (χ3n) is 3.66. The van der Waals surface area contributed by atoms with Gasteiger partial charge >= 0.3 is 0 Å². The van der Waals surface area contributed by atoms with E-state index in [1.165, 1.54) is 19.2 Å². The van der Waals surface area contributed by atoms with E-state index in [2.05, 4.69) is 10.3 Å². The highest BCUT2D eigenvalue weighted by Gasteiger charge is 2.13. The lowest BCUT2D eigenvalue weighted by atomic mass is 10.2. The van der Waals surface area contributed by atoms with Crippen LogP contribution >= 0.6 is 23.2 Å². The Kier molecular flexibility index (Phi) is 5.99. The van der Waals surface area contributed by atoms with Gasteiger partial charge in [-0.25, -0.2) is 4.98 Å². The Morgan fingerprint density at radius 1 is 1.07 bits per heavy atom. The first-order chi connectivity index (χ1) is 13.5. The Bertz CT molecular complexity index is 1060. The fourth-order valence-corrected chi connectivity index (χ4v) is 2.66. The van der Waals surface area contributed by atoms with Gasteiger partial charge in [0.25, 0.3) is 5.91 Å². The van der Waals surface area contributed by atoms with Crippen LogP contribution in [-0.4, -0.2) is 18.0 Å². The SMILES string of the molecule is COc1cc(C#N)ccc1Oc1ccc(NC(=O)c2nc(Cl)ccc2Cl)cc1. The minimum absolute atomic E-state index is 0.0387. The van der Waals surface area contributed by atoms with Gasteiger partial charge in [-0.15, -0.1) is 0 Å². The van der Waals surface area contributed by atoms with Gasteiger partial charge in [0.15, 0.2) is 11.5 Å². The van der Waals surface area contributed by atoms with Crippen LogP contribution in [0.2, 0.25) is 10.2 Å². The van der Waals surface area contributed by atoms with Crippen molar-refractivity contribution in [3.63, 3.8) is 0 Å². The molecule has 0 unspecified atom stereocenters. The molecule has 0 saturated heterocycles. The number of methoxy groups -OCH3 is 1. The molecule has 0 atom stereocenters. The Morgan fingerprint density at radius 2 is 1.82 bits per heavy atom. The van der Waals surface area contributed by atoms with E-state index in [1.807, 2.05) is 6.07 Å². The molecule has 0 aliphatic carbocycles. The standard InChI is InChI=1S/C20H13Cl2N3O3/c1-27-17-10-12(11-23)2-8-16(17)28-14-5-3-13(4-6-14)24-20(26)19-15(21)7-9-18(22)25-19/h2-10H,1H3,(H,24,26). The number of nitriles is 1. The number of anilines is 1. The summed E-state index contributed by atoms with van der Waals surface area (Å²) in [5.74, 6) is 0.959. The number of pyridine rings is 1. The molecule has 1 aromatic heterocycles. The molecule has 2 aromatic carbocycles. The van der Waals surface area contributed by atoms with Crippen LogP contribution in [0.25, 0.3) is 0 Å². The monoisotopic (exact) mass is 413 g/mol. The number of nitrogens with zero attached hydrogens (tertiary/aromatic N) is 2. The van der Waals surface area contributed by atoms with Gasteiger partial charge in [-0.1, -0.05) is 23.2 Å². The molecule has 3 rings (SSSR count). The van der Waals surface area contributed by atoms with E-state index < -0.39 is 5.91 Å². The Labute approximate surface area is 171 Å². The van der Waals surface area contributed by atoms with E-state index >= 15 is 0 Å². The molecule has 1 N–H and O–H groups in total. The molecule has 6 nitrogen and oxygen atoms in total. The summed E-state index contributed by atoms with van der Waals surface area (Å²) in [5.41, 5.74) is 1.04. The van der Waals surface area contributed by atoms with E-state index in [1.54, 1.807) is 42.5 Å². The summed E-state index contributed by atoms with van der Waals surface area (Å²) in [6.07, 6.45) is 0. The van der Waals surface area contributed by atoms with Crippen molar-refractivity contribution in [3.05, 3.63) is 76.0 Å². The summed E-state index contributed by atoms with van der Waals surface area (Å²) >= 11 is 11.8. The maximum Gasteiger partial charge on any atom is 0.275 e. The molecular formula is C20H13Cl2N3O3. The average Bonchev–Trinajstić information content (AvgIpc) is 2.71. The van der Waals surface area contributed by atoms with Gasteiger partial charge < -0.3 is 14.8 Å². The van der Waals surface area contributed by atoms with Crippen LogP contribution in [0.15, 0.2) is 54.6 Å². The molecule has 0 radical (unpaired) electrons. The van der Waals surface area contributed by atoms with Crippen LogP contribution in [0.4, 0.5) is 5.69 Å². The summed E-state index contributed by atoms with van der Waals surface area (Å²) < 4.78 is 11.0. The molecule has 0 aliphatic rings. The zero-order valence-electron chi connectivity index (χ0n) is 14.6. The zero-order chi connectivity index (χ0) is 20.1. The molecule has 1 heterocycles. The minimum Gasteiger partial charge on any atom is -0.493 e. The second-order valence-corrected chi connectivity index (χ2v) is 6.32. The lowest BCUT2D eigenvalue weighted by Gasteiger charge is -2.11. The van der Waals surface area contributed by atoms with E-state index in [0.717, 1.165) is 0 Å². The van der Waals surface area contributed by atoms with Crippen molar-refractivity contribution in [1.82, 2.24) is 4.98 Å². The molecule has 0 bridgehead atoms. The Balaban J connectivity index is 1.73. The molecule has 0 fully saturated rings. The number of rotatable bonds is 5. The van der Waals surface area contributed by atoms with Gasteiger partial charge in [0.1, 0.15) is 16.6 Å². The largest absolute Gasteiger partial charge is 0.493 e. The van der Waals surface area contributed by atoms with Gasteiger partial charge in [-0.05, 0) is 48.5 Å². The normalized spacial score (nSPS) is 10.1. The molecule has 0 aliphatic heterocycles. The summed E-state index contributed by atoms with van der Waals surface area (Å²) in [7, 11) is 1.50. The first-order valence-electron chi connectivity index (χ1n) is 7.99. The second kappa shape index (κ2) is 8.61. The number of aromatic nitrogens is 1. The summed E-state index contributed by atoms with van der Waals surface area (Å²) in [6.45, 7) is 0. The maximum atomic E-state index is 12.3. The number of carbonyl (C=O) groups excluding carboxylic acids is 1. The van der Waals surface area contributed by atoms with Gasteiger partial charge in [-0.3, -0.25) is 4.79 Å². The molecule has 0 spiro atoms. The molecule has 3 aromatic rings. The lowest BCUT2D eigenvalue weighted by molar-refractivity contribution is 0.102. The first kappa shape index (κ1) is 19.5. The van der Waals surface area contributed by atoms with Gasteiger partial charge in [0.2, 0.25) is 0 Å². The highest BCUT2D eigenvalue weighted by atomic mass is 35.5. The van der Waals surface area contributed by atoms with Crippen molar-refractivity contribution in [2.24, 2.45) is 0 Å². The Hall–Kier alpha value is -3.27. The van der Waals surface area contributed by atoms with Crippen molar-refractivity contribution < 1.29 is 14.3 Å². The fourth-order valence-electron chi connectivity index (χ4n) is 2.32. The number of hydrogen-bond acceptors (Lipinski definition) is 5. The summed E-state index contributed by atoms with van der Waals surface area (Å²) in [6, 6.07) is 16.6. The smallest absolute Gasteiger partial charge is 0.275 e. The number of ether oxygens (including phenoxy) is 2. The molecule has 28 heavy (non-hydrogen) atoms. The Morgan fingerprint density at radius 3 is 2.50 bits per heavy atom. The number of nitrogens with one attached hydrogen (secondary N) is 1. The number of hydrogen-bond donors (Lipinski definition) is 1. The van der Waals surface area contributed by atoms with Crippen molar-refractivity contribution in [2.75, 3.05) is 12.4 Å². The van der Waals surface area contributed by atoms with Crippen molar-refractivity contribution in [1.29, 1.82) is 5.26 Å². The minimum atomic E-state index is -0.477. The van der Waals surface area contributed by atoms with Crippen LogP contribution in [-0.2, 0) is 0 Å². The van der Waals surface area contributed by atoms with Gasteiger partial charge in [0, 0.05) is 11.8 Å². The number of halogens is 2. The second-order valence-electron chi connectivity index (χ2n) is 5.52. The lowest BCUT2D eigenvalue weighted by Crippen LogP contribution is -2.14. The third kappa shape index (κ3) is 4.52. The molecule has 0 saturated carbocycles. The molecule has 140 valence electrons. The molecular weight excluding hydrogens is 401 g/mol. The fraction of sp³-hybridized carbons (Fsp3) is 0.0500. The van der Waals surface area contributed by atoms with E-state index in [0.29, 0.717) is 28.5 Å². The summed E-state index contributed by atoms with van der Waals surface area (Å²) in [4.78, 5) is 16.3. The predicted octanol–water partition coefficient (Wildman–Crippen LogP) is 5.31. The first-order valence-corrected chi connectivity index (χ1v) is 8.75.